The first-order valence-corrected chi connectivity index (χ1v) is 3.84. The molecule has 2 nitrogen and oxygen atoms in total. The Bertz CT molecular complexity index is 171. The second-order valence-corrected chi connectivity index (χ2v) is 3.93. The van der Waals surface area contributed by atoms with Gasteiger partial charge in [-0.15, -0.1) is 0 Å². The van der Waals surface area contributed by atoms with E-state index in [4.69, 9.17) is 5.26 Å². The highest BCUT2D eigenvalue weighted by Crippen LogP contribution is 2.19. The number of ketones is 1. The van der Waals surface area contributed by atoms with Gasteiger partial charge in [-0.3, -0.25) is 4.79 Å². The summed E-state index contributed by atoms with van der Waals surface area (Å²) in [7, 11) is 0. The normalized spacial score (nSPS) is 10.7. The predicted octanol–water partition coefficient (Wildman–Crippen LogP) is 2.30. The van der Waals surface area contributed by atoms with Gasteiger partial charge in [0.05, 0.1) is 6.07 Å². The van der Waals surface area contributed by atoms with E-state index < -0.39 is 0 Å². The molecular weight excluding hydrogens is 138 g/mol. The summed E-state index contributed by atoms with van der Waals surface area (Å²) in [6.45, 7) is 6.08. The molecule has 0 saturated heterocycles. The summed E-state index contributed by atoms with van der Waals surface area (Å²) in [5.74, 6) is 0.194. The molecule has 0 aromatic rings. The first kappa shape index (κ1) is 10.2. The van der Waals surface area contributed by atoms with Crippen LogP contribution >= 0.6 is 0 Å². The van der Waals surface area contributed by atoms with Crippen molar-refractivity contribution in [1.29, 1.82) is 5.26 Å². The van der Waals surface area contributed by atoms with Crippen molar-refractivity contribution >= 4 is 5.78 Å². The molecule has 0 aromatic heterocycles. The molecule has 0 atom stereocenters. The van der Waals surface area contributed by atoms with Crippen LogP contribution < -0.4 is 0 Å². The summed E-state index contributed by atoms with van der Waals surface area (Å²) >= 11 is 0. The van der Waals surface area contributed by atoms with Crippen molar-refractivity contribution < 1.29 is 4.79 Å². The summed E-state index contributed by atoms with van der Waals surface area (Å²) in [4.78, 5) is 11.1. The lowest BCUT2D eigenvalue weighted by atomic mass is 9.89. The standard InChI is InChI=1S/C9H15NO/c1-9(2,3)7-8(11)5-4-6-10/h4-5,7H2,1-3H3. The van der Waals surface area contributed by atoms with Crippen molar-refractivity contribution in [2.75, 3.05) is 0 Å². The molecule has 0 aromatic carbocycles. The average Bonchev–Trinajstić information content (AvgIpc) is 1.79. The lowest BCUT2D eigenvalue weighted by Crippen LogP contribution is -2.12. The molecule has 0 unspecified atom stereocenters. The van der Waals surface area contributed by atoms with Gasteiger partial charge >= 0.3 is 0 Å². The minimum Gasteiger partial charge on any atom is -0.300 e. The smallest absolute Gasteiger partial charge is 0.134 e. The van der Waals surface area contributed by atoms with Crippen molar-refractivity contribution in [3.8, 4) is 6.07 Å². The number of rotatable bonds is 3. The van der Waals surface area contributed by atoms with Gasteiger partial charge in [-0.1, -0.05) is 20.8 Å². The van der Waals surface area contributed by atoms with E-state index in [-0.39, 0.29) is 11.2 Å². The van der Waals surface area contributed by atoms with Crippen LogP contribution in [0.5, 0.6) is 0 Å². The maximum atomic E-state index is 11.1. The quantitative estimate of drug-likeness (QED) is 0.624. The van der Waals surface area contributed by atoms with E-state index in [1.165, 1.54) is 0 Å². The zero-order valence-electron chi connectivity index (χ0n) is 7.48. The molecule has 0 aliphatic carbocycles. The van der Waals surface area contributed by atoms with Crippen molar-refractivity contribution in [1.82, 2.24) is 0 Å². The summed E-state index contributed by atoms with van der Waals surface area (Å²) in [5, 5.41) is 8.21. The number of carbonyl (C=O) groups is 1. The summed E-state index contributed by atoms with van der Waals surface area (Å²) in [6, 6.07) is 1.96. The maximum absolute atomic E-state index is 11.1. The summed E-state index contributed by atoms with van der Waals surface area (Å²) in [6.07, 6.45) is 1.34. The Kier molecular flexibility index (Phi) is 3.81. The van der Waals surface area contributed by atoms with E-state index in [2.05, 4.69) is 0 Å². The van der Waals surface area contributed by atoms with E-state index in [0.29, 0.717) is 19.3 Å². The van der Waals surface area contributed by atoms with Gasteiger partial charge in [-0.25, -0.2) is 0 Å². The van der Waals surface area contributed by atoms with Crippen LogP contribution in [0.3, 0.4) is 0 Å². The third kappa shape index (κ3) is 7.05. The maximum Gasteiger partial charge on any atom is 0.134 e. The molecule has 0 N–H and O–H groups in total. The highest BCUT2D eigenvalue weighted by atomic mass is 16.1. The lowest BCUT2D eigenvalue weighted by molar-refractivity contribution is -0.120. The lowest BCUT2D eigenvalue weighted by Gasteiger charge is -2.15. The largest absolute Gasteiger partial charge is 0.300 e. The molecular formula is C9H15NO. The fraction of sp³-hybridized carbons (Fsp3) is 0.778. The number of hydrogen-bond donors (Lipinski definition) is 0. The molecule has 0 aliphatic rings. The first-order valence-electron chi connectivity index (χ1n) is 3.84. The van der Waals surface area contributed by atoms with Gasteiger partial charge < -0.3 is 0 Å². The van der Waals surface area contributed by atoms with E-state index >= 15 is 0 Å². The third-order valence-corrected chi connectivity index (χ3v) is 1.24. The monoisotopic (exact) mass is 153 g/mol. The van der Waals surface area contributed by atoms with Crippen molar-refractivity contribution in [2.24, 2.45) is 5.41 Å². The van der Waals surface area contributed by atoms with Gasteiger partial charge in [0, 0.05) is 19.3 Å². The first-order chi connectivity index (χ1) is 4.95. The molecule has 62 valence electrons. The van der Waals surface area contributed by atoms with Crippen LogP contribution in [0.2, 0.25) is 0 Å². The molecule has 0 saturated carbocycles. The Labute approximate surface area is 68.2 Å². The van der Waals surface area contributed by atoms with E-state index in [1.807, 2.05) is 26.8 Å². The van der Waals surface area contributed by atoms with Gasteiger partial charge in [0.15, 0.2) is 0 Å². The number of nitrogens with zero attached hydrogens (tertiary/aromatic N) is 1. The van der Waals surface area contributed by atoms with Crippen LogP contribution in [-0.4, -0.2) is 5.78 Å². The molecule has 0 bridgehead atoms. The fourth-order valence-electron chi connectivity index (χ4n) is 0.875. The molecule has 11 heavy (non-hydrogen) atoms. The van der Waals surface area contributed by atoms with Crippen molar-refractivity contribution in [2.45, 2.75) is 40.0 Å². The molecule has 0 radical (unpaired) electrons. The van der Waals surface area contributed by atoms with E-state index in [1.54, 1.807) is 0 Å². The second kappa shape index (κ2) is 4.12. The van der Waals surface area contributed by atoms with E-state index in [9.17, 15) is 4.79 Å². The molecule has 0 heterocycles. The molecule has 0 fully saturated rings. The van der Waals surface area contributed by atoms with Crippen molar-refractivity contribution in [3.63, 3.8) is 0 Å². The molecule has 0 rings (SSSR count). The Morgan fingerprint density at radius 2 is 2.00 bits per heavy atom. The van der Waals surface area contributed by atoms with Crippen LogP contribution in [0.4, 0.5) is 0 Å². The van der Waals surface area contributed by atoms with E-state index in [0.717, 1.165) is 0 Å². The zero-order chi connectivity index (χ0) is 8.91. The molecule has 0 amide bonds. The SMILES string of the molecule is CC(C)(C)CC(=O)CCC#N. The summed E-state index contributed by atoms with van der Waals surface area (Å²) in [5.41, 5.74) is 0.0620. The van der Waals surface area contributed by atoms with Gasteiger partial charge in [0.2, 0.25) is 0 Å². The average molecular weight is 153 g/mol. The number of Topliss-reactive ketones (excluding diaryl/α,β-unsaturated/α-hetero) is 1. The molecule has 2 heteroatoms. The van der Waals surface area contributed by atoms with Crippen LogP contribution in [0.25, 0.3) is 0 Å². The van der Waals surface area contributed by atoms with Gasteiger partial charge in [-0.2, -0.15) is 5.26 Å². The number of nitriles is 1. The minimum atomic E-state index is 0.0620. The van der Waals surface area contributed by atoms with Gasteiger partial charge in [0.25, 0.3) is 0 Å². The predicted molar refractivity (Wildman–Crippen MR) is 43.9 cm³/mol. The number of carbonyl (C=O) groups excluding carboxylic acids is 1. The zero-order valence-corrected chi connectivity index (χ0v) is 7.48. The third-order valence-electron chi connectivity index (χ3n) is 1.24. The Morgan fingerprint density at radius 1 is 1.45 bits per heavy atom. The highest BCUT2D eigenvalue weighted by molar-refractivity contribution is 5.79. The Morgan fingerprint density at radius 3 is 2.36 bits per heavy atom. The Hall–Kier alpha value is -0.840. The molecule has 0 spiro atoms. The van der Waals surface area contributed by atoms with Crippen LogP contribution in [0, 0.1) is 16.7 Å². The highest BCUT2D eigenvalue weighted by Gasteiger charge is 2.14. The number of hydrogen-bond acceptors (Lipinski definition) is 2. The van der Waals surface area contributed by atoms with Crippen LogP contribution in [0.1, 0.15) is 40.0 Å². The van der Waals surface area contributed by atoms with Crippen LogP contribution in [0.15, 0.2) is 0 Å². The van der Waals surface area contributed by atoms with Gasteiger partial charge in [0.1, 0.15) is 5.78 Å². The minimum absolute atomic E-state index is 0.0620. The fourth-order valence-corrected chi connectivity index (χ4v) is 0.875. The summed E-state index contributed by atoms with van der Waals surface area (Å²) < 4.78 is 0. The topological polar surface area (TPSA) is 40.9 Å². The Balaban J connectivity index is 3.64. The second-order valence-electron chi connectivity index (χ2n) is 3.93. The van der Waals surface area contributed by atoms with Gasteiger partial charge in [-0.05, 0) is 5.41 Å². The molecule has 0 aliphatic heterocycles. The van der Waals surface area contributed by atoms with Crippen molar-refractivity contribution in [3.05, 3.63) is 0 Å². The van der Waals surface area contributed by atoms with Crippen LogP contribution in [-0.2, 0) is 4.79 Å².